The van der Waals surface area contributed by atoms with Gasteiger partial charge in [-0.1, -0.05) is 6.92 Å². The average molecular weight is 245 g/mol. The summed E-state index contributed by atoms with van der Waals surface area (Å²) in [6.45, 7) is 4.62. The molecule has 2 unspecified atom stereocenters. The van der Waals surface area contributed by atoms with Gasteiger partial charge in [-0.2, -0.15) is 0 Å². The molecular weight excluding hydrogens is 226 g/mol. The molecule has 0 amide bonds. The second kappa shape index (κ2) is 5.02. The average Bonchev–Trinajstić information content (AvgIpc) is 2.83. The highest BCUT2D eigenvalue weighted by atomic mass is 15.3. The van der Waals surface area contributed by atoms with Gasteiger partial charge in [0.25, 0.3) is 5.78 Å². The Bertz CT molecular complexity index is 515. The maximum atomic E-state index is 4.26. The molecule has 1 aliphatic rings. The lowest BCUT2D eigenvalue weighted by Gasteiger charge is -2.27. The topological polar surface area (TPSA) is 55.1 Å². The molecule has 18 heavy (non-hydrogen) atoms. The van der Waals surface area contributed by atoms with Crippen LogP contribution < -0.4 is 5.32 Å². The zero-order chi connectivity index (χ0) is 12.4. The summed E-state index contributed by atoms with van der Waals surface area (Å²) < 4.78 is 1.99. The van der Waals surface area contributed by atoms with Crippen LogP contribution in [0.2, 0.25) is 0 Å². The van der Waals surface area contributed by atoms with Crippen molar-refractivity contribution in [2.75, 3.05) is 13.1 Å². The van der Waals surface area contributed by atoms with E-state index in [0.717, 1.165) is 24.7 Å². The van der Waals surface area contributed by atoms with Crippen molar-refractivity contribution in [3.63, 3.8) is 0 Å². The fraction of sp³-hybridized carbons (Fsp3) is 0.615. The van der Waals surface area contributed by atoms with E-state index in [1.54, 1.807) is 6.20 Å². The standard InChI is InChI=1S/C13H19N5/c1-10(11-4-2-5-14-9-11)8-12-16-17-13-15-6-3-7-18(12)13/h3,6-7,10-11,14H,2,4-5,8-9H2,1H3. The van der Waals surface area contributed by atoms with Crippen molar-refractivity contribution in [1.82, 2.24) is 24.9 Å². The zero-order valence-electron chi connectivity index (χ0n) is 10.7. The van der Waals surface area contributed by atoms with Crippen LogP contribution in [-0.4, -0.2) is 32.7 Å². The maximum Gasteiger partial charge on any atom is 0.254 e. The largest absolute Gasteiger partial charge is 0.316 e. The SMILES string of the molecule is CC(Cc1nnc2ncccn12)C1CCCNC1. The van der Waals surface area contributed by atoms with Gasteiger partial charge in [0.15, 0.2) is 0 Å². The van der Waals surface area contributed by atoms with Gasteiger partial charge in [0, 0.05) is 18.8 Å². The Morgan fingerprint density at radius 2 is 2.44 bits per heavy atom. The molecule has 5 heteroatoms. The Kier molecular flexibility index (Phi) is 3.23. The van der Waals surface area contributed by atoms with Gasteiger partial charge in [-0.15, -0.1) is 10.2 Å². The van der Waals surface area contributed by atoms with E-state index in [-0.39, 0.29) is 0 Å². The molecule has 0 aromatic carbocycles. The first kappa shape index (κ1) is 11.6. The summed E-state index contributed by atoms with van der Waals surface area (Å²) in [7, 11) is 0. The predicted molar refractivity (Wildman–Crippen MR) is 69.2 cm³/mol. The summed E-state index contributed by atoms with van der Waals surface area (Å²) in [5.41, 5.74) is 0. The van der Waals surface area contributed by atoms with E-state index in [9.17, 15) is 0 Å². The minimum atomic E-state index is 0.630. The lowest BCUT2D eigenvalue weighted by atomic mass is 9.85. The van der Waals surface area contributed by atoms with Crippen molar-refractivity contribution in [1.29, 1.82) is 0 Å². The minimum absolute atomic E-state index is 0.630. The Hall–Kier alpha value is -1.49. The summed E-state index contributed by atoms with van der Waals surface area (Å²) in [5, 5.41) is 11.8. The Morgan fingerprint density at radius 3 is 3.28 bits per heavy atom. The van der Waals surface area contributed by atoms with Crippen molar-refractivity contribution in [2.45, 2.75) is 26.2 Å². The van der Waals surface area contributed by atoms with Crippen LogP contribution in [0.1, 0.15) is 25.6 Å². The minimum Gasteiger partial charge on any atom is -0.316 e. The van der Waals surface area contributed by atoms with Crippen molar-refractivity contribution in [3.05, 3.63) is 24.3 Å². The molecule has 0 saturated carbocycles. The molecule has 1 fully saturated rings. The Labute approximate surface area is 107 Å². The summed E-state index contributed by atoms with van der Waals surface area (Å²) >= 11 is 0. The van der Waals surface area contributed by atoms with Crippen LogP contribution in [0.15, 0.2) is 18.5 Å². The van der Waals surface area contributed by atoms with Gasteiger partial charge in [0.1, 0.15) is 5.82 Å². The predicted octanol–water partition coefficient (Wildman–Crippen LogP) is 1.30. The van der Waals surface area contributed by atoms with Gasteiger partial charge in [-0.3, -0.25) is 4.40 Å². The molecule has 0 radical (unpaired) electrons. The summed E-state index contributed by atoms with van der Waals surface area (Å²) in [4.78, 5) is 4.20. The number of hydrogen-bond acceptors (Lipinski definition) is 4. The third-order valence-electron chi connectivity index (χ3n) is 3.90. The number of nitrogens with one attached hydrogen (secondary N) is 1. The van der Waals surface area contributed by atoms with Crippen molar-refractivity contribution in [3.8, 4) is 0 Å². The molecule has 3 rings (SSSR count). The third-order valence-corrected chi connectivity index (χ3v) is 3.90. The Morgan fingerprint density at radius 1 is 1.50 bits per heavy atom. The molecule has 0 bridgehead atoms. The van der Waals surface area contributed by atoms with Gasteiger partial charge in [-0.25, -0.2) is 4.98 Å². The van der Waals surface area contributed by atoms with Gasteiger partial charge in [0.2, 0.25) is 0 Å². The molecule has 2 aromatic rings. The highest BCUT2D eigenvalue weighted by molar-refractivity contribution is 5.26. The van der Waals surface area contributed by atoms with E-state index in [1.807, 2.05) is 16.7 Å². The molecule has 3 heterocycles. The molecular formula is C13H19N5. The number of piperidine rings is 1. The molecule has 2 aromatic heterocycles. The van der Waals surface area contributed by atoms with Crippen molar-refractivity contribution in [2.24, 2.45) is 11.8 Å². The van der Waals surface area contributed by atoms with Crippen LogP contribution in [0.4, 0.5) is 0 Å². The second-order valence-corrected chi connectivity index (χ2v) is 5.19. The van der Waals surface area contributed by atoms with Crippen LogP contribution in [0.5, 0.6) is 0 Å². The molecule has 1 saturated heterocycles. The van der Waals surface area contributed by atoms with Crippen LogP contribution in [0, 0.1) is 11.8 Å². The zero-order valence-corrected chi connectivity index (χ0v) is 10.7. The fourth-order valence-corrected chi connectivity index (χ4v) is 2.75. The number of hydrogen-bond donors (Lipinski definition) is 1. The van der Waals surface area contributed by atoms with Crippen molar-refractivity contribution >= 4 is 5.78 Å². The summed E-state index contributed by atoms with van der Waals surface area (Å²) in [6, 6.07) is 1.92. The summed E-state index contributed by atoms with van der Waals surface area (Å²) in [6.07, 6.45) is 7.32. The Balaban J connectivity index is 1.75. The first-order valence-corrected chi connectivity index (χ1v) is 6.70. The molecule has 1 N–H and O–H groups in total. The van der Waals surface area contributed by atoms with Crippen LogP contribution >= 0.6 is 0 Å². The molecule has 96 valence electrons. The smallest absolute Gasteiger partial charge is 0.254 e. The summed E-state index contributed by atoms with van der Waals surface area (Å²) in [5.74, 6) is 3.10. The normalized spacial score (nSPS) is 22.2. The van der Waals surface area contributed by atoms with Gasteiger partial charge in [0.05, 0.1) is 0 Å². The molecule has 0 aliphatic carbocycles. The number of rotatable bonds is 3. The lowest BCUT2D eigenvalue weighted by Crippen LogP contribution is -2.34. The van der Waals surface area contributed by atoms with Crippen LogP contribution in [-0.2, 0) is 6.42 Å². The first-order chi connectivity index (χ1) is 8.84. The van der Waals surface area contributed by atoms with Crippen LogP contribution in [0.3, 0.4) is 0 Å². The van der Waals surface area contributed by atoms with Gasteiger partial charge < -0.3 is 5.32 Å². The first-order valence-electron chi connectivity index (χ1n) is 6.70. The number of fused-ring (bicyclic) bond motifs is 1. The van der Waals surface area contributed by atoms with Crippen molar-refractivity contribution < 1.29 is 0 Å². The third kappa shape index (κ3) is 2.22. The van der Waals surface area contributed by atoms with Gasteiger partial charge >= 0.3 is 0 Å². The lowest BCUT2D eigenvalue weighted by molar-refractivity contribution is 0.275. The van der Waals surface area contributed by atoms with E-state index < -0.39 is 0 Å². The maximum absolute atomic E-state index is 4.26. The van der Waals surface area contributed by atoms with E-state index in [2.05, 4.69) is 27.4 Å². The highest BCUT2D eigenvalue weighted by Crippen LogP contribution is 2.22. The van der Waals surface area contributed by atoms with Gasteiger partial charge in [-0.05, 0) is 43.8 Å². The monoisotopic (exact) mass is 245 g/mol. The van der Waals surface area contributed by atoms with E-state index in [1.165, 1.54) is 19.4 Å². The molecule has 5 nitrogen and oxygen atoms in total. The molecule has 0 spiro atoms. The molecule has 1 aliphatic heterocycles. The van der Waals surface area contributed by atoms with E-state index in [4.69, 9.17) is 0 Å². The van der Waals surface area contributed by atoms with E-state index >= 15 is 0 Å². The van der Waals surface area contributed by atoms with Crippen LogP contribution in [0.25, 0.3) is 5.78 Å². The second-order valence-electron chi connectivity index (χ2n) is 5.19. The quantitative estimate of drug-likeness (QED) is 0.885. The number of aromatic nitrogens is 4. The fourth-order valence-electron chi connectivity index (χ4n) is 2.75. The molecule has 2 atom stereocenters. The highest BCUT2D eigenvalue weighted by Gasteiger charge is 2.21. The number of nitrogens with zero attached hydrogens (tertiary/aromatic N) is 4. The van der Waals surface area contributed by atoms with E-state index in [0.29, 0.717) is 11.7 Å².